The fourth-order valence-corrected chi connectivity index (χ4v) is 1.86. The molecule has 3 nitrogen and oxygen atoms in total. The van der Waals surface area contributed by atoms with E-state index in [2.05, 4.69) is 29.1 Å². The van der Waals surface area contributed by atoms with Crippen LogP contribution in [0.25, 0.3) is 0 Å². The van der Waals surface area contributed by atoms with Gasteiger partial charge in [0.05, 0.1) is 11.4 Å². The van der Waals surface area contributed by atoms with Crippen LogP contribution in [0.1, 0.15) is 50.9 Å². The largest absolute Gasteiger partial charge is 0.311 e. The van der Waals surface area contributed by atoms with E-state index in [0.717, 1.165) is 30.4 Å². The standard InChI is InChI=1S/C14H25N3/c1-4-6-7-13(5-2)9-15-10-14-11-16-12(3)8-17-14/h8,11,13,15H,4-7,9-10H2,1-3H3. The van der Waals surface area contributed by atoms with Gasteiger partial charge in [0.15, 0.2) is 0 Å². The first kappa shape index (κ1) is 14.1. The van der Waals surface area contributed by atoms with Crippen LogP contribution in [0.3, 0.4) is 0 Å². The van der Waals surface area contributed by atoms with E-state index >= 15 is 0 Å². The minimum Gasteiger partial charge on any atom is -0.311 e. The van der Waals surface area contributed by atoms with E-state index in [1.165, 1.54) is 25.7 Å². The summed E-state index contributed by atoms with van der Waals surface area (Å²) in [7, 11) is 0. The van der Waals surface area contributed by atoms with Gasteiger partial charge >= 0.3 is 0 Å². The van der Waals surface area contributed by atoms with Gasteiger partial charge in [-0.2, -0.15) is 0 Å². The summed E-state index contributed by atoms with van der Waals surface area (Å²) in [4.78, 5) is 8.58. The zero-order valence-electron chi connectivity index (χ0n) is 11.4. The van der Waals surface area contributed by atoms with Crippen LogP contribution < -0.4 is 5.32 Å². The number of unbranched alkanes of at least 4 members (excludes halogenated alkanes) is 1. The Balaban J connectivity index is 2.23. The molecule has 0 radical (unpaired) electrons. The number of nitrogens with zero attached hydrogens (tertiary/aromatic N) is 2. The normalized spacial score (nSPS) is 12.6. The second-order valence-electron chi connectivity index (χ2n) is 4.70. The lowest BCUT2D eigenvalue weighted by atomic mass is 9.99. The number of aryl methyl sites for hydroxylation is 1. The smallest absolute Gasteiger partial charge is 0.0724 e. The number of hydrogen-bond acceptors (Lipinski definition) is 3. The van der Waals surface area contributed by atoms with E-state index in [9.17, 15) is 0 Å². The summed E-state index contributed by atoms with van der Waals surface area (Å²) < 4.78 is 0. The highest BCUT2D eigenvalue weighted by atomic mass is 14.9. The van der Waals surface area contributed by atoms with Crippen LogP contribution in [-0.4, -0.2) is 16.5 Å². The molecular weight excluding hydrogens is 210 g/mol. The lowest BCUT2D eigenvalue weighted by Gasteiger charge is -2.14. The van der Waals surface area contributed by atoms with Gasteiger partial charge in [0, 0.05) is 18.9 Å². The van der Waals surface area contributed by atoms with Crippen LogP contribution in [0, 0.1) is 12.8 Å². The molecule has 0 amide bonds. The summed E-state index contributed by atoms with van der Waals surface area (Å²) in [6, 6.07) is 0. The van der Waals surface area contributed by atoms with Crippen LogP contribution in [0.5, 0.6) is 0 Å². The summed E-state index contributed by atoms with van der Waals surface area (Å²) in [5.74, 6) is 0.799. The van der Waals surface area contributed by atoms with Crippen molar-refractivity contribution in [1.82, 2.24) is 15.3 Å². The van der Waals surface area contributed by atoms with Crippen LogP contribution in [0.4, 0.5) is 0 Å². The molecule has 0 spiro atoms. The Morgan fingerprint density at radius 2 is 2.06 bits per heavy atom. The molecule has 96 valence electrons. The molecule has 1 rings (SSSR count). The molecule has 0 bridgehead atoms. The van der Waals surface area contributed by atoms with Gasteiger partial charge < -0.3 is 5.32 Å². The summed E-state index contributed by atoms with van der Waals surface area (Å²) in [5, 5.41) is 3.48. The quantitative estimate of drug-likeness (QED) is 0.752. The lowest BCUT2D eigenvalue weighted by Crippen LogP contribution is -2.22. The summed E-state index contributed by atoms with van der Waals surface area (Å²) in [6.07, 6.45) is 8.90. The van der Waals surface area contributed by atoms with Crippen LogP contribution in [0.15, 0.2) is 12.4 Å². The average molecular weight is 235 g/mol. The minimum absolute atomic E-state index is 0.799. The number of nitrogens with one attached hydrogen (secondary N) is 1. The fourth-order valence-electron chi connectivity index (χ4n) is 1.86. The average Bonchev–Trinajstić information content (AvgIpc) is 2.36. The third-order valence-corrected chi connectivity index (χ3v) is 3.12. The predicted octanol–water partition coefficient (Wildman–Crippen LogP) is 3.09. The second-order valence-corrected chi connectivity index (χ2v) is 4.70. The van der Waals surface area contributed by atoms with Crippen molar-refractivity contribution >= 4 is 0 Å². The lowest BCUT2D eigenvalue weighted by molar-refractivity contribution is 0.418. The van der Waals surface area contributed by atoms with E-state index < -0.39 is 0 Å². The Morgan fingerprint density at radius 1 is 1.24 bits per heavy atom. The molecule has 17 heavy (non-hydrogen) atoms. The maximum absolute atomic E-state index is 4.34. The van der Waals surface area contributed by atoms with Crippen molar-refractivity contribution < 1.29 is 0 Å². The molecular formula is C14H25N3. The Morgan fingerprint density at radius 3 is 2.65 bits per heavy atom. The first-order valence-corrected chi connectivity index (χ1v) is 6.74. The zero-order valence-corrected chi connectivity index (χ0v) is 11.4. The van der Waals surface area contributed by atoms with Gasteiger partial charge in [-0.25, -0.2) is 0 Å². The predicted molar refractivity (Wildman–Crippen MR) is 71.8 cm³/mol. The first-order valence-electron chi connectivity index (χ1n) is 6.74. The van der Waals surface area contributed by atoms with Gasteiger partial charge in [-0.3, -0.25) is 9.97 Å². The van der Waals surface area contributed by atoms with Gasteiger partial charge in [0.25, 0.3) is 0 Å². The Bertz CT molecular complexity index is 295. The number of rotatable bonds is 8. The molecule has 0 saturated heterocycles. The monoisotopic (exact) mass is 235 g/mol. The maximum Gasteiger partial charge on any atom is 0.0724 e. The zero-order chi connectivity index (χ0) is 12.5. The minimum atomic E-state index is 0.799. The van der Waals surface area contributed by atoms with Crippen LogP contribution in [-0.2, 0) is 6.54 Å². The van der Waals surface area contributed by atoms with Crippen LogP contribution in [0.2, 0.25) is 0 Å². The van der Waals surface area contributed by atoms with Crippen molar-refractivity contribution in [2.75, 3.05) is 6.54 Å². The fraction of sp³-hybridized carbons (Fsp3) is 0.714. The van der Waals surface area contributed by atoms with E-state index in [4.69, 9.17) is 0 Å². The number of hydrogen-bond donors (Lipinski definition) is 1. The summed E-state index contributed by atoms with van der Waals surface area (Å²) in [5.41, 5.74) is 2.00. The topological polar surface area (TPSA) is 37.8 Å². The number of aromatic nitrogens is 2. The molecule has 0 fully saturated rings. The van der Waals surface area contributed by atoms with Crippen LogP contribution >= 0.6 is 0 Å². The third kappa shape index (κ3) is 5.78. The van der Waals surface area contributed by atoms with Crippen molar-refractivity contribution in [3.63, 3.8) is 0 Å². The van der Waals surface area contributed by atoms with Gasteiger partial charge in [-0.05, 0) is 25.8 Å². The molecule has 1 aromatic heterocycles. The third-order valence-electron chi connectivity index (χ3n) is 3.12. The van der Waals surface area contributed by atoms with Crippen molar-refractivity contribution in [2.24, 2.45) is 5.92 Å². The molecule has 0 aliphatic carbocycles. The van der Waals surface area contributed by atoms with E-state index in [1.807, 2.05) is 19.3 Å². The van der Waals surface area contributed by atoms with Crippen molar-refractivity contribution in [2.45, 2.75) is 53.0 Å². The molecule has 0 aliphatic heterocycles. The molecule has 0 aliphatic rings. The second kappa shape index (κ2) is 8.18. The van der Waals surface area contributed by atoms with Gasteiger partial charge in [0.2, 0.25) is 0 Å². The molecule has 1 aromatic rings. The van der Waals surface area contributed by atoms with Gasteiger partial charge in [-0.15, -0.1) is 0 Å². The summed E-state index contributed by atoms with van der Waals surface area (Å²) >= 11 is 0. The van der Waals surface area contributed by atoms with E-state index in [-0.39, 0.29) is 0 Å². The molecule has 1 heterocycles. The molecule has 1 atom stereocenters. The molecule has 0 saturated carbocycles. The Kier molecular flexibility index (Phi) is 6.78. The Labute approximate surface area is 105 Å². The SMILES string of the molecule is CCCCC(CC)CNCc1cnc(C)cn1. The molecule has 3 heteroatoms. The molecule has 0 aromatic carbocycles. The summed E-state index contributed by atoms with van der Waals surface area (Å²) in [6.45, 7) is 8.40. The Hall–Kier alpha value is -0.960. The van der Waals surface area contributed by atoms with Crippen molar-refractivity contribution in [3.8, 4) is 0 Å². The molecule has 1 N–H and O–H groups in total. The highest BCUT2D eigenvalue weighted by Crippen LogP contribution is 2.11. The molecule has 1 unspecified atom stereocenters. The maximum atomic E-state index is 4.34. The van der Waals surface area contributed by atoms with Crippen molar-refractivity contribution in [1.29, 1.82) is 0 Å². The van der Waals surface area contributed by atoms with E-state index in [1.54, 1.807) is 0 Å². The first-order chi connectivity index (χ1) is 8.26. The van der Waals surface area contributed by atoms with Gasteiger partial charge in [0.1, 0.15) is 0 Å². The van der Waals surface area contributed by atoms with Gasteiger partial charge in [-0.1, -0.05) is 33.1 Å². The van der Waals surface area contributed by atoms with E-state index in [0.29, 0.717) is 0 Å². The highest BCUT2D eigenvalue weighted by Gasteiger charge is 2.05. The highest BCUT2D eigenvalue weighted by molar-refractivity contribution is 5.00. The van der Waals surface area contributed by atoms with Crippen molar-refractivity contribution in [3.05, 3.63) is 23.8 Å².